The van der Waals surface area contributed by atoms with Crippen LogP contribution in [0.5, 0.6) is 0 Å². The van der Waals surface area contributed by atoms with Gasteiger partial charge in [0.25, 0.3) is 0 Å². The van der Waals surface area contributed by atoms with Crippen molar-refractivity contribution in [3.63, 3.8) is 0 Å². The van der Waals surface area contributed by atoms with Crippen LogP contribution in [0.2, 0.25) is 0 Å². The molecule has 82 valence electrons. The first-order valence-electron chi connectivity index (χ1n) is 5.39. The van der Waals surface area contributed by atoms with E-state index in [0.29, 0.717) is 24.3 Å². The first-order chi connectivity index (χ1) is 7.11. The molecule has 0 radical (unpaired) electrons. The molecule has 0 saturated carbocycles. The monoisotopic (exact) mass is 205 g/mol. The van der Waals surface area contributed by atoms with Gasteiger partial charge in [0.05, 0.1) is 0 Å². The van der Waals surface area contributed by atoms with E-state index >= 15 is 0 Å². The van der Waals surface area contributed by atoms with E-state index in [0.717, 1.165) is 5.69 Å². The van der Waals surface area contributed by atoms with Crippen LogP contribution >= 0.6 is 0 Å². The summed E-state index contributed by atoms with van der Waals surface area (Å²) in [7, 11) is 0. The summed E-state index contributed by atoms with van der Waals surface area (Å²) < 4.78 is 2.01. The zero-order chi connectivity index (χ0) is 11.4. The Morgan fingerprint density at radius 3 is 2.13 bits per heavy atom. The highest BCUT2D eigenvalue weighted by Gasteiger charge is 2.19. The molecular formula is C12H19N3. The normalized spacial score (nSPS) is 12.5. The minimum atomic E-state index is -0.171. The standard InChI is InChI=1S/C12H19N3/c1-4-10(13)12(11(14)5-2)15-8-6-7-9(15)3/h6-8,12-14H,4-5H2,1-3H3. The highest BCUT2D eigenvalue weighted by Crippen LogP contribution is 2.17. The van der Waals surface area contributed by atoms with Crippen molar-refractivity contribution in [2.75, 3.05) is 0 Å². The molecule has 0 unspecified atom stereocenters. The second-order valence-corrected chi connectivity index (χ2v) is 3.72. The first kappa shape index (κ1) is 11.7. The third-order valence-electron chi connectivity index (χ3n) is 2.69. The lowest BCUT2D eigenvalue weighted by Gasteiger charge is -2.21. The predicted molar refractivity (Wildman–Crippen MR) is 64.2 cm³/mol. The fourth-order valence-corrected chi connectivity index (χ4v) is 1.70. The van der Waals surface area contributed by atoms with Gasteiger partial charge >= 0.3 is 0 Å². The summed E-state index contributed by atoms with van der Waals surface area (Å²) in [5.74, 6) is 0. The third kappa shape index (κ3) is 2.35. The van der Waals surface area contributed by atoms with E-state index in [-0.39, 0.29) is 6.04 Å². The van der Waals surface area contributed by atoms with Crippen molar-refractivity contribution in [1.29, 1.82) is 10.8 Å². The van der Waals surface area contributed by atoms with Gasteiger partial charge in [0.1, 0.15) is 6.04 Å². The van der Waals surface area contributed by atoms with Gasteiger partial charge in [0, 0.05) is 23.3 Å². The van der Waals surface area contributed by atoms with Crippen LogP contribution in [0.15, 0.2) is 18.3 Å². The molecule has 1 heterocycles. The Bertz CT molecular complexity index is 347. The van der Waals surface area contributed by atoms with Crippen LogP contribution < -0.4 is 0 Å². The van der Waals surface area contributed by atoms with Crippen LogP contribution in [0.25, 0.3) is 0 Å². The quantitative estimate of drug-likeness (QED) is 0.694. The second-order valence-electron chi connectivity index (χ2n) is 3.72. The molecule has 0 aliphatic heterocycles. The number of nitrogens with one attached hydrogen (secondary N) is 2. The second kappa shape index (κ2) is 4.91. The van der Waals surface area contributed by atoms with Crippen molar-refractivity contribution < 1.29 is 0 Å². The number of hydrogen-bond acceptors (Lipinski definition) is 2. The van der Waals surface area contributed by atoms with Gasteiger partial charge < -0.3 is 15.4 Å². The van der Waals surface area contributed by atoms with E-state index in [1.165, 1.54) is 0 Å². The zero-order valence-corrected chi connectivity index (χ0v) is 9.67. The number of aryl methyl sites for hydroxylation is 1. The lowest BCUT2D eigenvalue weighted by Crippen LogP contribution is -2.26. The van der Waals surface area contributed by atoms with Crippen LogP contribution in [0.3, 0.4) is 0 Å². The molecule has 2 N–H and O–H groups in total. The molecule has 3 heteroatoms. The van der Waals surface area contributed by atoms with Crippen molar-refractivity contribution in [2.24, 2.45) is 0 Å². The number of nitrogens with zero attached hydrogens (tertiary/aromatic N) is 1. The van der Waals surface area contributed by atoms with Crippen LogP contribution in [0.1, 0.15) is 38.4 Å². The van der Waals surface area contributed by atoms with Gasteiger partial charge in [-0.1, -0.05) is 13.8 Å². The van der Waals surface area contributed by atoms with Crippen molar-refractivity contribution in [3.05, 3.63) is 24.0 Å². The van der Waals surface area contributed by atoms with E-state index in [2.05, 4.69) is 0 Å². The number of rotatable bonds is 5. The summed E-state index contributed by atoms with van der Waals surface area (Å²) in [6.45, 7) is 5.95. The average Bonchev–Trinajstić information content (AvgIpc) is 2.64. The van der Waals surface area contributed by atoms with Crippen molar-refractivity contribution >= 4 is 11.4 Å². The van der Waals surface area contributed by atoms with Gasteiger partial charge in [0.15, 0.2) is 0 Å². The Kier molecular flexibility index (Phi) is 3.83. The summed E-state index contributed by atoms with van der Waals surface area (Å²) in [6, 6.07) is 3.81. The van der Waals surface area contributed by atoms with Gasteiger partial charge in [-0.25, -0.2) is 0 Å². The van der Waals surface area contributed by atoms with E-state index in [1.54, 1.807) is 0 Å². The largest absolute Gasteiger partial charge is 0.338 e. The number of hydrogen-bond donors (Lipinski definition) is 2. The maximum Gasteiger partial charge on any atom is 0.108 e. The van der Waals surface area contributed by atoms with Gasteiger partial charge in [0.2, 0.25) is 0 Å². The van der Waals surface area contributed by atoms with Crippen molar-refractivity contribution in [3.8, 4) is 0 Å². The molecule has 0 aliphatic carbocycles. The Hall–Kier alpha value is -1.38. The Morgan fingerprint density at radius 2 is 1.80 bits per heavy atom. The minimum absolute atomic E-state index is 0.171. The Morgan fingerprint density at radius 1 is 1.27 bits per heavy atom. The molecule has 0 spiro atoms. The molecule has 1 aromatic rings. The fraction of sp³-hybridized carbons (Fsp3) is 0.500. The summed E-state index contributed by atoms with van der Waals surface area (Å²) in [5, 5.41) is 15.9. The maximum absolute atomic E-state index is 7.94. The molecule has 3 nitrogen and oxygen atoms in total. The summed E-state index contributed by atoms with van der Waals surface area (Å²) in [6.07, 6.45) is 3.35. The average molecular weight is 205 g/mol. The Balaban J connectivity index is 3.07. The minimum Gasteiger partial charge on any atom is -0.338 e. The molecule has 0 fully saturated rings. The molecule has 0 bridgehead atoms. The van der Waals surface area contributed by atoms with Crippen molar-refractivity contribution in [2.45, 2.75) is 39.7 Å². The molecule has 1 rings (SSSR count). The van der Waals surface area contributed by atoms with Crippen molar-refractivity contribution in [1.82, 2.24) is 4.57 Å². The highest BCUT2D eigenvalue weighted by atomic mass is 15.0. The molecule has 0 atom stereocenters. The number of aromatic nitrogens is 1. The van der Waals surface area contributed by atoms with Gasteiger partial charge in [-0.2, -0.15) is 0 Å². The van der Waals surface area contributed by atoms with Crippen LogP contribution in [0.4, 0.5) is 0 Å². The zero-order valence-electron chi connectivity index (χ0n) is 9.67. The van der Waals surface area contributed by atoms with E-state index in [1.807, 2.05) is 43.7 Å². The van der Waals surface area contributed by atoms with E-state index < -0.39 is 0 Å². The SMILES string of the molecule is CCC(=N)C(C(=N)CC)n1cccc1C. The molecule has 0 aromatic carbocycles. The van der Waals surface area contributed by atoms with Crippen LogP contribution in [-0.4, -0.2) is 16.0 Å². The molecular weight excluding hydrogens is 186 g/mol. The topological polar surface area (TPSA) is 52.6 Å². The predicted octanol–water partition coefficient (Wildman–Crippen LogP) is 3.20. The molecule has 0 aliphatic rings. The first-order valence-corrected chi connectivity index (χ1v) is 5.39. The van der Waals surface area contributed by atoms with Gasteiger partial charge in [-0.15, -0.1) is 0 Å². The Labute approximate surface area is 91.1 Å². The van der Waals surface area contributed by atoms with Crippen LogP contribution in [0, 0.1) is 17.7 Å². The summed E-state index contributed by atoms with van der Waals surface area (Å²) in [4.78, 5) is 0. The fourth-order valence-electron chi connectivity index (χ4n) is 1.70. The lowest BCUT2D eigenvalue weighted by atomic mass is 10.0. The molecule has 1 aromatic heterocycles. The van der Waals surface area contributed by atoms with Crippen LogP contribution in [-0.2, 0) is 0 Å². The summed E-state index contributed by atoms with van der Waals surface area (Å²) >= 11 is 0. The smallest absolute Gasteiger partial charge is 0.108 e. The summed E-state index contributed by atoms with van der Waals surface area (Å²) in [5.41, 5.74) is 2.33. The van der Waals surface area contributed by atoms with Gasteiger partial charge in [-0.05, 0) is 31.9 Å². The maximum atomic E-state index is 7.94. The molecule has 0 saturated heterocycles. The molecule has 0 amide bonds. The van der Waals surface area contributed by atoms with Gasteiger partial charge in [-0.3, -0.25) is 0 Å². The lowest BCUT2D eigenvalue weighted by molar-refractivity contribution is 0.737. The van der Waals surface area contributed by atoms with E-state index in [9.17, 15) is 0 Å². The molecule has 15 heavy (non-hydrogen) atoms. The third-order valence-corrected chi connectivity index (χ3v) is 2.69. The van der Waals surface area contributed by atoms with E-state index in [4.69, 9.17) is 10.8 Å². The highest BCUT2D eigenvalue weighted by molar-refractivity contribution is 6.06.